The molecule has 0 fully saturated rings. The molecule has 0 saturated heterocycles. The number of carbonyl (C=O) groups excluding carboxylic acids is 1. The molecule has 0 spiro atoms. The number of benzene rings is 2. The topological polar surface area (TPSA) is 29.1 Å². The van der Waals surface area contributed by atoms with Crippen LogP contribution in [-0.4, -0.2) is 5.91 Å². The third-order valence-corrected chi connectivity index (χ3v) is 3.45. The van der Waals surface area contributed by atoms with Crippen LogP contribution in [0.3, 0.4) is 0 Å². The van der Waals surface area contributed by atoms with Crippen molar-refractivity contribution in [2.75, 3.05) is 5.32 Å². The van der Waals surface area contributed by atoms with E-state index in [1.807, 2.05) is 0 Å². The predicted octanol–water partition coefficient (Wildman–Crippen LogP) is 4.63. The monoisotopic (exact) mass is 345 g/mol. The van der Waals surface area contributed by atoms with Crippen molar-refractivity contribution in [3.63, 3.8) is 0 Å². The number of hydrogen-bond acceptors (Lipinski definition) is 1. The van der Waals surface area contributed by atoms with Crippen molar-refractivity contribution in [3.8, 4) is 0 Å². The Hall–Kier alpha value is -1.46. The molecule has 98 valence electrons. The Labute approximate surface area is 121 Å². The third kappa shape index (κ3) is 3.11. The van der Waals surface area contributed by atoms with E-state index in [2.05, 4.69) is 21.2 Å². The molecule has 0 aliphatic heterocycles. The van der Waals surface area contributed by atoms with E-state index in [-0.39, 0.29) is 16.3 Å². The fourth-order valence-electron chi connectivity index (χ4n) is 1.46. The minimum Gasteiger partial charge on any atom is -0.321 e. The van der Waals surface area contributed by atoms with E-state index >= 15 is 0 Å². The maximum atomic E-state index is 13.2. The number of amides is 1. The lowest BCUT2D eigenvalue weighted by atomic mass is 10.2. The van der Waals surface area contributed by atoms with E-state index in [0.29, 0.717) is 4.47 Å². The standard InChI is InChI=1S/C13H7BrClF2NO/c14-9-5-4-7(16)6-11(9)18-13(19)8-2-1-3-10(17)12(8)15/h1-6H,(H,18,19). The van der Waals surface area contributed by atoms with Crippen LogP contribution in [0.5, 0.6) is 0 Å². The van der Waals surface area contributed by atoms with Gasteiger partial charge >= 0.3 is 0 Å². The molecule has 2 aromatic rings. The van der Waals surface area contributed by atoms with Crippen molar-refractivity contribution in [2.24, 2.45) is 0 Å². The zero-order valence-electron chi connectivity index (χ0n) is 9.38. The van der Waals surface area contributed by atoms with Crippen LogP contribution in [0.1, 0.15) is 10.4 Å². The molecule has 0 radical (unpaired) electrons. The Morgan fingerprint density at radius 3 is 2.68 bits per heavy atom. The van der Waals surface area contributed by atoms with Crippen molar-refractivity contribution >= 4 is 39.1 Å². The van der Waals surface area contributed by atoms with Gasteiger partial charge < -0.3 is 5.32 Å². The first-order valence-corrected chi connectivity index (χ1v) is 6.36. The summed E-state index contributed by atoms with van der Waals surface area (Å²) in [5.74, 6) is -1.80. The summed E-state index contributed by atoms with van der Waals surface area (Å²) >= 11 is 8.88. The molecule has 19 heavy (non-hydrogen) atoms. The molecule has 0 unspecified atom stereocenters. The molecule has 2 nitrogen and oxygen atoms in total. The van der Waals surface area contributed by atoms with E-state index in [0.717, 1.165) is 12.1 Å². The van der Waals surface area contributed by atoms with Crippen LogP contribution in [0.25, 0.3) is 0 Å². The summed E-state index contributed by atoms with van der Waals surface area (Å²) in [6, 6.07) is 7.75. The second-order valence-electron chi connectivity index (χ2n) is 3.68. The second kappa shape index (κ2) is 5.67. The number of rotatable bonds is 2. The number of carbonyl (C=O) groups is 1. The SMILES string of the molecule is O=C(Nc1cc(F)ccc1Br)c1cccc(F)c1Cl. The van der Waals surface area contributed by atoms with Gasteiger partial charge in [0.05, 0.1) is 16.3 Å². The van der Waals surface area contributed by atoms with Crippen LogP contribution in [-0.2, 0) is 0 Å². The molecule has 0 bridgehead atoms. The Morgan fingerprint density at radius 2 is 1.95 bits per heavy atom. The largest absolute Gasteiger partial charge is 0.321 e. The maximum Gasteiger partial charge on any atom is 0.257 e. The first kappa shape index (κ1) is 14.0. The van der Waals surface area contributed by atoms with E-state index < -0.39 is 17.5 Å². The van der Waals surface area contributed by atoms with Crippen LogP contribution >= 0.6 is 27.5 Å². The first-order chi connectivity index (χ1) is 8.99. The van der Waals surface area contributed by atoms with Crippen molar-refractivity contribution in [3.05, 3.63) is 63.1 Å². The van der Waals surface area contributed by atoms with Crippen LogP contribution in [0.15, 0.2) is 40.9 Å². The summed E-state index contributed by atoms with van der Waals surface area (Å²) in [5, 5.41) is 2.19. The van der Waals surface area contributed by atoms with Crippen molar-refractivity contribution < 1.29 is 13.6 Å². The Kier molecular flexibility index (Phi) is 4.17. The van der Waals surface area contributed by atoms with Gasteiger partial charge in [-0.05, 0) is 46.3 Å². The molecule has 2 rings (SSSR count). The Balaban J connectivity index is 2.31. The van der Waals surface area contributed by atoms with Crippen LogP contribution in [0.2, 0.25) is 5.02 Å². The minimum atomic E-state index is -0.687. The number of anilines is 1. The van der Waals surface area contributed by atoms with E-state index in [1.54, 1.807) is 0 Å². The summed E-state index contributed by atoms with van der Waals surface area (Å²) < 4.78 is 26.8. The van der Waals surface area contributed by atoms with Crippen molar-refractivity contribution in [1.82, 2.24) is 0 Å². The number of nitrogens with one attached hydrogen (secondary N) is 1. The van der Waals surface area contributed by atoms with Gasteiger partial charge in [-0.2, -0.15) is 0 Å². The molecule has 0 aromatic heterocycles. The van der Waals surface area contributed by atoms with Gasteiger partial charge in [-0.1, -0.05) is 17.7 Å². The van der Waals surface area contributed by atoms with Crippen LogP contribution in [0.4, 0.5) is 14.5 Å². The predicted molar refractivity (Wildman–Crippen MR) is 73.5 cm³/mol. The fourth-order valence-corrected chi connectivity index (χ4v) is 2.02. The molecular weight excluding hydrogens is 340 g/mol. The average molecular weight is 347 g/mol. The van der Waals surface area contributed by atoms with Crippen LogP contribution in [0, 0.1) is 11.6 Å². The lowest BCUT2D eigenvalue weighted by molar-refractivity contribution is 0.102. The normalized spacial score (nSPS) is 10.3. The molecule has 2 aromatic carbocycles. The third-order valence-electron chi connectivity index (χ3n) is 2.37. The van der Waals surface area contributed by atoms with Gasteiger partial charge in [0.2, 0.25) is 0 Å². The second-order valence-corrected chi connectivity index (χ2v) is 4.91. The zero-order chi connectivity index (χ0) is 14.0. The summed E-state index contributed by atoms with van der Waals surface area (Å²) in [6.07, 6.45) is 0. The van der Waals surface area contributed by atoms with Gasteiger partial charge in [-0.15, -0.1) is 0 Å². The van der Waals surface area contributed by atoms with E-state index in [9.17, 15) is 13.6 Å². The minimum absolute atomic E-state index is 0.0159. The highest BCUT2D eigenvalue weighted by Crippen LogP contribution is 2.25. The highest BCUT2D eigenvalue weighted by atomic mass is 79.9. The quantitative estimate of drug-likeness (QED) is 0.844. The van der Waals surface area contributed by atoms with E-state index in [4.69, 9.17) is 11.6 Å². The summed E-state index contributed by atoms with van der Waals surface area (Å²) in [5.41, 5.74) is 0.225. The van der Waals surface area contributed by atoms with Gasteiger partial charge in [0.1, 0.15) is 11.6 Å². The van der Waals surface area contributed by atoms with Gasteiger partial charge in [-0.25, -0.2) is 8.78 Å². The Bertz CT molecular complexity index is 649. The fraction of sp³-hybridized carbons (Fsp3) is 0. The summed E-state index contributed by atoms with van der Waals surface area (Å²) in [4.78, 5) is 11.9. The molecule has 0 aliphatic rings. The van der Waals surface area contributed by atoms with Gasteiger partial charge in [-0.3, -0.25) is 4.79 Å². The molecule has 0 aliphatic carbocycles. The number of halogens is 4. The smallest absolute Gasteiger partial charge is 0.257 e. The molecule has 1 N–H and O–H groups in total. The van der Waals surface area contributed by atoms with Gasteiger partial charge in [0.25, 0.3) is 5.91 Å². The maximum absolute atomic E-state index is 13.2. The molecule has 0 heterocycles. The molecule has 6 heteroatoms. The Morgan fingerprint density at radius 1 is 1.21 bits per heavy atom. The summed E-state index contributed by atoms with van der Waals surface area (Å²) in [6.45, 7) is 0. The average Bonchev–Trinajstić information content (AvgIpc) is 2.37. The van der Waals surface area contributed by atoms with Gasteiger partial charge in [0.15, 0.2) is 0 Å². The zero-order valence-corrected chi connectivity index (χ0v) is 11.7. The molecule has 0 atom stereocenters. The van der Waals surface area contributed by atoms with Gasteiger partial charge in [0, 0.05) is 4.47 Å². The van der Waals surface area contributed by atoms with Crippen molar-refractivity contribution in [1.29, 1.82) is 0 Å². The summed E-state index contributed by atoms with van der Waals surface area (Å²) in [7, 11) is 0. The molecule has 1 amide bonds. The van der Waals surface area contributed by atoms with E-state index in [1.165, 1.54) is 24.3 Å². The van der Waals surface area contributed by atoms with Crippen molar-refractivity contribution in [2.45, 2.75) is 0 Å². The van der Waals surface area contributed by atoms with Crippen LogP contribution < -0.4 is 5.32 Å². The highest BCUT2D eigenvalue weighted by molar-refractivity contribution is 9.10. The molecule has 0 saturated carbocycles. The highest BCUT2D eigenvalue weighted by Gasteiger charge is 2.14. The lowest BCUT2D eigenvalue weighted by Gasteiger charge is -2.09. The molecular formula is C13H7BrClF2NO. The first-order valence-electron chi connectivity index (χ1n) is 5.19. The number of hydrogen-bond donors (Lipinski definition) is 1. The lowest BCUT2D eigenvalue weighted by Crippen LogP contribution is -2.13.